The summed E-state index contributed by atoms with van der Waals surface area (Å²) in [6.45, 7) is 7.22. The first-order valence-electron chi connectivity index (χ1n) is 13.0. The second-order valence-corrected chi connectivity index (χ2v) is 10.5. The van der Waals surface area contributed by atoms with Gasteiger partial charge in [0.05, 0.1) is 29.8 Å². The molecule has 0 saturated carbocycles. The van der Waals surface area contributed by atoms with Gasteiger partial charge in [0.2, 0.25) is 11.8 Å². The van der Waals surface area contributed by atoms with E-state index in [-0.39, 0.29) is 24.2 Å². The van der Waals surface area contributed by atoms with E-state index >= 15 is 0 Å². The van der Waals surface area contributed by atoms with Gasteiger partial charge < -0.3 is 14.1 Å². The summed E-state index contributed by atoms with van der Waals surface area (Å²) in [7, 11) is 1.71. The lowest BCUT2D eigenvalue weighted by Crippen LogP contribution is -2.51. The number of hydrogen-bond acceptors (Lipinski definition) is 8. The molecule has 0 unspecified atom stereocenters. The lowest BCUT2D eigenvalue weighted by Gasteiger charge is -2.38. The molecular formula is C28H31F2N5O4. The number of pyridine rings is 1. The largest absolute Gasteiger partial charge is 0.415 e. The summed E-state index contributed by atoms with van der Waals surface area (Å²) in [6.07, 6.45) is 0.526. The second kappa shape index (κ2) is 10.9. The highest BCUT2D eigenvalue weighted by Crippen LogP contribution is 2.38. The Morgan fingerprint density at radius 3 is 2.54 bits per heavy atom. The highest BCUT2D eigenvalue weighted by atomic mass is 19.3. The topological polar surface area (TPSA) is 102 Å². The van der Waals surface area contributed by atoms with Crippen molar-refractivity contribution >= 4 is 11.8 Å². The van der Waals surface area contributed by atoms with E-state index in [0.717, 1.165) is 43.6 Å². The predicted octanol–water partition coefficient (Wildman–Crippen LogP) is 4.36. The van der Waals surface area contributed by atoms with Crippen LogP contribution in [0.2, 0.25) is 0 Å². The molecule has 0 spiro atoms. The van der Waals surface area contributed by atoms with E-state index < -0.39 is 17.7 Å². The SMILES string of the molecule is COCCN1CCC(c2ccc3c(c2)C(=O)N(Cc2ccc(-c4nnc(C(F)F)o4)cn2)C(=O)C3(C)C)CC1. The van der Waals surface area contributed by atoms with Crippen LogP contribution in [0.1, 0.15) is 72.1 Å². The Balaban J connectivity index is 1.34. The molecule has 3 aromatic rings. The summed E-state index contributed by atoms with van der Waals surface area (Å²) in [5.74, 6) is -1.15. The van der Waals surface area contributed by atoms with E-state index in [9.17, 15) is 18.4 Å². The maximum Gasteiger partial charge on any atom is 0.314 e. The number of halogens is 2. The third-order valence-corrected chi connectivity index (χ3v) is 7.66. The zero-order chi connectivity index (χ0) is 27.7. The third kappa shape index (κ3) is 5.33. The number of likely N-dealkylation sites (tertiary alicyclic amines) is 1. The van der Waals surface area contributed by atoms with Gasteiger partial charge in [-0.15, -0.1) is 10.2 Å². The van der Waals surface area contributed by atoms with Crippen LogP contribution in [0.4, 0.5) is 8.78 Å². The van der Waals surface area contributed by atoms with Gasteiger partial charge in [-0.25, -0.2) is 0 Å². The van der Waals surface area contributed by atoms with E-state index in [1.54, 1.807) is 19.2 Å². The van der Waals surface area contributed by atoms with Gasteiger partial charge in [0.25, 0.3) is 11.8 Å². The molecule has 2 aromatic heterocycles. The number of nitrogens with zero attached hydrogens (tertiary/aromatic N) is 5. The Bertz CT molecular complexity index is 1350. The number of ether oxygens (including phenoxy) is 1. The fraction of sp³-hybridized carbons (Fsp3) is 0.464. The lowest BCUT2D eigenvalue weighted by molar-refractivity contribution is -0.134. The molecule has 11 heteroatoms. The first kappa shape index (κ1) is 27.0. The molecule has 5 rings (SSSR count). The summed E-state index contributed by atoms with van der Waals surface area (Å²) in [4.78, 5) is 35.0. The summed E-state index contributed by atoms with van der Waals surface area (Å²) in [5.41, 5.74) is 2.32. The Morgan fingerprint density at radius 2 is 1.90 bits per heavy atom. The van der Waals surface area contributed by atoms with Gasteiger partial charge >= 0.3 is 6.43 Å². The van der Waals surface area contributed by atoms with E-state index in [0.29, 0.717) is 29.3 Å². The van der Waals surface area contributed by atoms with Crippen LogP contribution < -0.4 is 0 Å². The molecule has 2 amide bonds. The van der Waals surface area contributed by atoms with Gasteiger partial charge in [-0.3, -0.25) is 19.5 Å². The molecule has 206 valence electrons. The average Bonchev–Trinajstić information content (AvgIpc) is 3.45. The number of aromatic nitrogens is 3. The average molecular weight is 540 g/mol. The molecule has 1 saturated heterocycles. The number of rotatable bonds is 8. The molecule has 0 N–H and O–H groups in total. The summed E-state index contributed by atoms with van der Waals surface area (Å²) in [6, 6.07) is 9.14. The molecule has 9 nitrogen and oxygen atoms in total. The molecule has 4 heterocycles. The molecule has 1 aromatic carbocycles. The standard InChI is InChI=1S/C28H31F2N5O4/c1-28(2)22-7-5-18(17-8-10-34(11-9-17)12-13-38-3)14-21(22)26(36)35(27(28)37)16-20-6-4-19(15-31-20)24-32-33-25(39-24)23(29)30/h4-7,14-15,17,23H,8-13,16H2,1-3H3. The van der Waals surface area contributed by atoms with Crippen molar-refractivity contribution in [3.63, 3.8) is 0 Å². The quantitative estimate of drug-likeness (QED) is 0.390. The molecule has 2 aliphatic rings. The molecule has 0 atom stereocenters. The summed E-state index contributed by atoms with van der Waals surface area (Å²) in [5, 5.41) is 6.94. The molecule has 1 fully saturated rings. The number of hydrogen-bond donors (Lipinski definition) is 0. The maximum atomic E-state index is 13.6. The van der Waals surface area contributed by atoms with E-state index in [1.165, 1.54) is 11.1 Å². The minimum Gasteiger partial charge on any atom is -0.415 e. The van der Waals surface area contributed by atoms with Gasteiger partial charge in [0, 0.05) is 25.4 Å². The van der Waals surface area contributed by atoms with Crippen molar-refractivity contribution in [1.29, 1.82) is 0 Å². The zero-order valence-electron chi connectivity index (χ0n) is 22.2. The number of amides is 2. The Labute approximate surface area is 225 Å². The van der Waals surface area contributed by atoms with Crippen molar-refractivity contribution < 1.29 is 27.5 Å². The van der Waals surface area contributed by atoms with Crippen LogP contribution in [-0.4, -0.2) is 70.1 Å². The van der Waals surface area contributed by atoms with Crippen molar-refractivity contribution in [2.75, 3.05) is 33.4 Å². The fourth-order valence-corrected chi connectivity index (χ4v) is 5.33. The van der Waals surface area contributed by atoms with Crippen LogP contribution in [0.3, 0.4) is 0 Å². The second-order valence-electron chi connectivity index (χ2n) is 10.5. The van der Waals surface area contributed by atoms with Crippen LogP contribution in [0.15, 0.2) is 40.9 Å². The van der Waals surface area contributed by atoms with Gasteiger partial charge in [0.15, 0.2) is 0 Å². The number of imide groups is 1. The molecular weight excluding hydrogens is 508 g/mol. The van der Waals surface area contributed by atoms with E-state index in [4.69, 9.17) is 9.15 Å². The van der Waals surface area contributed by atoms with Gasteiger partial charge in [0.1, 0.15) is 0 Å². The maximum absolute atomic E-state index is 13.6. The highest BCUT2D eigenvalue weighted by molar-refractivity contribution is 6.12. The van der Waals surface area contributed by atoms with Crippen LogP contribution in [0.25, 0.3) is 11.5 Å². The molecule has 39 heavy (non-hydrogen) atoms. The number of piperidine rings is 1. The zero-order valence-corrected chi connectivity index (χ0v) is 22.2. The predicted molar refractivity (Wildman–Crippen MR) is 137 cm³/mol. The lowest BCUT2D eigenvalue weighted by atomic mass is 9.75. The van der Waals surface area contributed by atoms with Crippen molar-refractivity contribution in [3.05, 3.63) is 64.8 Å². The summed E-state index contributed by atoms with van der Waals surface area (Å²) < 4.78 is 35.7. The van der Waals surface area contributed by atoms with Crippen LogP contribution in [0, 0.1) is 0 Å². The van der Waals surface area contributed by atoms with Gasteiger partial charge in [-0.1, -0.05) is 12.1 Å². The molecule has 0 aliphatic carbocycles. The van der Waals surface area contributed by atoms with Crippen LogP contribution >= 0.6 is 0 Å². The van der Waals surface area contributed by atoms with Crippen LogP contribution in [-0.2, 0) is 21.5 Å². The first-order chi connectivity index (χ1) is 18.7. The fourth-order valence-electron chi connectivity index (χ4n) is 5.33. The number of carbonyl (C=O) groups excluding carboxylic acids is 2. The normalized spacial score (nSPS) is 18.2. The van der Waals surface area contributed by atoms with Gasteiger partial charge in [-0.2, -0.15) is 8.78 Å². The Kier molecular flexibility index (Phi) is 7.55. The van der Waals surface area contributed by atoms with Crippen LogP contribution in [0.5, 0.6) is 0 Å². The summed E-state index contributed by atoms with van der Waals surface area (Å²) >= 11 is 0. The van der Waals surface area contributed by atoms with Crippen molar-refractivity contribution in [2.45, 2.75) is 51.0 Å². The van der Waals surface area contributed by atoms with Crippen molar-refractivity contribution in [2.24, 2.45) is 0 Å². The number of fused-ring (bicyclic) bond motifs is 1. The molecule has 0 radical (unpaired) electrons. The first-order valence-corrected chi connectivity index (χ1v) is 13.0. The van der Waals surface area contributed by atoms with E-state index in [1.807, 2.05) is 26.0 Å². The Morgan fingerprint density at radius 1 is 1.13 bits per heavy atom. The molecule has 0 bridgehead atoms. The number of benzene rings is 1. The number of carbonyl (C=O) groups is 2. The smallest absolute Gasteiger partial charge is 0.314 e. The number of methoxy groups -OCH3 is 1. The van der Waals surface area contributed by atoms with Crippen molar-refractivity contribution in [1.82, 2.24) is 25.0 Å². The van der Waals surface area contributed by atoms with E-state index in [2.05, 4.69) is 26.1 Å². The Hall–Kier alpha value is -3.57. The third-order valence-electron chi connectivity index (χ3n) is 7.66. The van der Waals surface area contributed by atoms with Crippen molar-refractivity contribution in [3.8, 4) is 11.5 Å². The highest BCUT2D eigenvalue weighted by Gasteiger charge is 2.44. The number of alkyl halides is 2. The minimum atomic E-state index is -2.87. The monoisotopic (exact) mass is 539 g/mol. The van der Waals surface area contributed by atoms with Gasteiger partial charge in [-0.05, 0) is 75.0 Å². The molecule has 2 aliphatic heterocycles. The minimum absolute atomic E-state index is 0.0188.